The van der Waals surface area contributed by atoms with Crippen LogP contribution in [0.15, 0.2) is 417 Å². The number of hydrogen-bond donors (Lipinski definition) is 0. The van der Waals surface area contributed by atoms with E-state index in [9.17, 15) is 0 Å². The van der Waals surface area contributed by atoms with E-state index in [4.69, 9.17) is 4.42 Å². The van der Waals surface area contributed by atoms with Gasteiger partial charge in [-0.15, -0.1) is 45.3 Å². The smallest absolute Gasteiger partial charge is 0.137 e. The topological polar surface area (TPSA) is 29.5 Å². The minimum absolute atomic E-state index is 0.210. The molecule has 0 N–H and O–H groups in total. The maximum Gasteiger partial charge on any atom is 0.137 e. The largest absolute Gasteiger partial charge is 0.456 e. The molecule has 0 fully saturated rings. The van der Waals surface area contributed by atoms with E-state index in [0.29, 0.717) is 0 Å². The minimum Gasteiger partial charge on any atom is -0.456 e. The van der Waals surface area contributed by atoms with E-state index in [-0.39, 0.29) is 5.41 Å². The van der Waals surface area contributed by atoms with Crippen LogP contribution in [-0.4, -0.2) is 9.13 Å². The van der Waals surface area contributed by atoms with Crippen molar-refractivity contribution >= 4 is 247 Å². The predicted molar refractivity (Wildman–Crippen MR) is 553 cm³/mol. The molecule has 128 heavy (non-hydrogen) atoms. The first-order valence-electron chi connectivity index (χ1n) is 43.7. The Morgan fingerprint density at radius 2 is 0.578 bits per heavy atom. The third kappa shape index (κ3) is 11.4. The molecule has 0 amide bonds. The SMILES string of the molecule is CC1(C)c2cc(-c3ccc4c(c3)c3cc5ccc6c7ccccc7sc6c5cc3n4-c3ccccc3)ccc2-c2ccc(N(c3ccccc3)c3ccc4c(c3)sc3ccccc34)cc21.c1ccc(N(c2ccc3c(c2)oc2ccccc23)c2ccc3c(c2)sc2cc(-c4ccc5c(c4)c4cc6ccc7c8ccccc8sc7c6cc4n5-c4ccccc4)ccc23)cc1. The maximum absolute atomic E-state index is 6.35. The molecule has 7 aromatic heterocycles. The van der Waals surface area contributed by atoms with Gasteiger partial charge in [-0.3, -0.25) is 0 Å². The molecule has 0 aliphatic heterocycles. The van der Waals surface area contributed by atoms with Gasteiger partial charge in [0.25, 0.3) is 0 Å². The number of aromatic nitrogens is 2. The summed E-state index contributed by atoms with van der Waals surface area (Å²) in [5, 5.41) is 23.0. The average Bonchev–Trinajstić information content (AvgIpc) is 1.57. The normalized spacial score (nSPS) is 12.7. The van der Waals surface area contributed by atoms with E-state index in [1.807, 2.05) is 57.5 Å². The molecule has 0 saturated carbocycles. The highest BCUT2D eigenvalue weighted by molar-refractivity contribution is 7.27. The van der Waals surface area contributed by atoms with Gasteiger partial charge in [0.2, 0.25) is 0 Å². The molecular weight excluding hydrogens is 1630 g/mol. The van der Waals surface area contributed by atoms with Gasteiger partial charge in [-0.05, 0) is 237 Å². The van der Waals surface area contributed by atoms with Gasteiger partial charge in [0.1, 0.15) is 11.2 Å². The third-order valence-corrected chi connectivity index (χ3v) is 31.8. The Morgan fingerprint density at radius 1 is 0.219 bits per heavy atom. The number of fused-ring (bicyclic) bond motifs is 28. The Balaban J connectivity index is 0.000000132. The van der Waals surface area contributed by atoms with E-state index in [1.165, 1.54) is 202 Å². The van der Waals surface area contributed by atoms with Gasteiger partial charge >= 0.3 is 0 Å². The van der Waals surface area contributed by atoms with Crippen molar-refractivity contribution in [3.63, 3.8) is 0 Å². The van der Waals surface area contributed by atoms with E-state index < -0.39 is 0 Å². The average molecular weight is 1700 g/mol. The summed E-state index contributed by atoms with van der Waals surface area (Å²) in [6.45, 7) is 4.80. The first kappa shape index (κ1) is 73.2. The third-order valence-electron chi connectivity index (χ3n) is 27.1. The van der Waals surface area contributed by atoms with E-state index in [0.717, 1.165) is 56.1 Å². The van der Waals surface area contributed by atoms with Gasteiger partial charge in [-0.25, -0.2) is 0 Å². The molecule has 0 radical (unpaired) electrons. The van der Waals surface area contributed by atoms with Gasteiger partial charge in [0, 0.05) is 181 Å². The second kappa shape index (κ2) is 28.4. The van der Waals surface area contributed by atoms with Gasteiger partial charge in [0.15, 0.2) is 0 Å². The molecule has 5 nitrogen and oxygen atoms in total. The first-order valence-corrected chi connectivity index (χ1v) is 47.0. The number of anilines is 6. The van der Waals surface area contributed by atoms with Crippen molar-refractivity contribution < 1.29 is 4.42 Å². The van der Waals surface area contributed by atoms with Crippen LogP contribution in [0.1, 0.15) is 25.0 Å². The van der Waals surface area contributed by atoms with Gasteiger partial charge in [-0.2, -0.15) is 0 Å². The van der Waals surface area contributed by atoms with Crippen LogP contribution in [-0.2, 0) is 5.41 Å². The Hall–Kier alpha value is -15.2. The zero-order valence-electron chi connectivity index (χ0n) is 69.6. The van der Waals surface area contributed by atoms with Crippen LogP contribution >= 0.6 is 45.3 Å². The summed E-state index contributed by atoms with van der Waals surface area (Å²) in [5.74, 6) is 0. The van der Waals surface area contributed by atoms with Crippen LogP contribution in [0.3, 0.4) is 0 Å². The first-order chi connectivity index (χ1) is 63.2. The Kier molecular flexibility index (Phi) is 16.2. The fraction of sp³-hybridized carbons (Fsp3) is 0.0252. The summed E-state index contributed by atoms with van der Waals surface area (Å²) >= 11 is 7.53. The minimum atomic E-state index is -0.210. The number of furan rings is 1. The number of rotatable bonds is 10. The van der Waals surface area contributed by atoms with Gasteiger partial charge in [-0.1, -0.05) is 238 Å². The lowest BCUT2D eigenvalue weighted by molar-refractivity contribution is 0.660. The fourth-order valence-electron chi connectivity index (χ4n) is 21.0. The summed E-state index contributed by atoms with van der Waals surface area (Å²) in [6, 6.07) is 152. The monoisotopic (exact) mass is 1700 g/mol. The van der Waals surface area contributed by atoms with E-state index in [1.54, 1.807) is 0 Å². The van der Waals surface area contributed by atoms with Crippen molar-refractivity contribution in [3.05, 3.63) is 424 Å². The lowest BCUT2D eigenvalue weighted by atomic mass is 9.81. The number of benzene rings is 20. The molecule has 0 unspecified atom stereocenters. The molecule has 28 rings (SSSR count). The standard InChI is InChI=1S/C61H40N2S2.C58H34N2OS2/c1-61(2)53-33-38(21-26-44(53)45-28-24-42(34-54(45)61)62(40-13-5-3-6-14-40)43-25-29-48-46-17-9-11-19-57(46)64-59(48)35-43)37-23-30-55-51(31-37)52-32-39-22-27-49-47-18-10-12-20-58(47)65-60(49)50(39)36-56(52)63(55)41-15-7-4-8-16-41;1-3-11-38(12-4-1)59(40-22-26-43-42-15-7-9-17-53(42)61-54(43)32-40)41-23-27-46-45-24-19-36(31-56(45)62-57(46)33-41)35-21-28-51-49(29-35)50-30-37-20-25-47-44-16-8-10-18-55(44)63-58(47)48(37)34-52(50)60(51)39-13-5-2-6-14-39/h3-36H,1-2H3;1-34H. The van der Waals surface area contributed by atoms with Crippen molar-refractivity contribution in [2.24, 2.45) is 0 Å². The molecule has 0 atom stereocenters. The van der Waals surface area contributed by atoms with Crippen LogP contribution in [0.2, 0.25) is 0 Å². The Labute approximate surface area is 752 Å². The number of thiophene rings is 4. The maximum atomic E-state index is 6.35. The number of para-hydroxylation sites is 5. The summed E-state index contributed by atoms with van der Waals surface area (Å²) in [6.07, 6.45) is 0. The zero-order chi connectivity index (χ0) is 84.1. The zero-order valence-corrected chi connectivity index (χ0v) is 72.9. The molecule has 1 aliphatic carbocycles. The molecule has 0 spiro atoms. The Bertz CT molecular complexity index is 9330. The highest BCUT2D eigenvalue weighted by Crippen LogP contribution is 2.54. The van der Waals surface area contributed by atoms with Crippen molar-refractivity contribution in [2.75, 3.05) is 9.80 Å². The lowest BCUT2D eigenvalue weighted by Crippen LogP contribution is -2.16. The number of nitrogens with zero attached hydrogens (tertiary/aromatic N) is 4. The highest BCUT2D eigenvalue weighted by atomic mass is 32.1. The molecule has 27 aromatic rings. The van der Waals surface area contributed by atoms with Gasteiger partial charge < -0.3 is 23.4 Å². The fourth-order valence-corrected chi connectivity index (χ4v) is 25.8. The molecule has 1 aliphatic rings. The van der Waals surface area contributed by atoms with Crippen LogP contribution < -0.4 is 9.80 Å². The Morgan fingerprint density at radius 3 is 1.12 bits per heavy atom. The molecule has 0 bridgehead atoms. The summed E-state index contributed by atoms with van der Waals surface area (Å²) in [5.41, 5.74) is 25.8. The molecule has 7 heterocycles. The van der Waals surface area contributed by atoms with Crippen LogP contribution in [0.5, 0.6) is 0 Å². The van der Waals surface area contributed by atoms with E-state index >= 15 is 0 Å². The van der Waals surface area contributed by atoms with E-state index in [2.05, 4.69) is 433 Å². The predicted octanol–water partition coefficient (Wildman–Crippen LogP) is 35.8. The second-order valence-corrected chi connectivity index (χ2v) is 38.8. The molecule has 20 aromatic carbocycles. The van der Waals surface area contributed by atoms with Crippen molar-refractivity contribution in [1.29, 1.82) is 0 Å². The molecule has 9 heteroatoms. The molecule has 600 valence electrons. The summed E-state index contributed by atoms with van der Waals surface area (Å²) in [4.78, 5) is 4.75. The van der Waals surface area contributed by atoms with Crippen molar-refractivity contribution in [1.82, 2.24) is 9.13 Å². The summed E-state index contributed by atoms with van der Waals surface area (Å²) < 4.78 is 21.8. The van der Waals surface area contributed by atoms with Crippen LogP contribution in [0, 0.1) is 0 Å². The van der Waals surface area contributed by atoms with Crippen LogP contribution in [0.4, 0.5) is 34.1 Å². The number of hydrogen-bond acceptors (Lipinski definition) is 7. The van der Waals surface area contributed by atoms with Crippen LogP contribution in [0.25, 0.3) is 213 Å². The van der Waals surface area contributed by atoms with Gasteiger partial charge in [0.05, 0.1) is 22.1 Å². The second-order valence-electron chi connectivity index (χ2n) is 34.6. The molecule has 0 saturated heterocycles. The lowest BCUT2D eigenvalue weighted by Gasteiger charge is -2.28. The highest BCUT2D eigenvalue weighted by Gasteiger charge is 2.37. The summed E-state index contributed by atoms with van der Waals surface area (Å²) in [7, 11) is 0. The molecular formula is C119H74N4OS4. The quantitative estimate of drug-likeness (QED) is 0.137. The van der Waals surface area contributed by atoms with Crippen molar-refractivity contribution in [3.8, 4) is 44.8 Å². The van der Waals surface area contributed by atoms with Crippen molar-refractivity contribution in [2.45, 2.75) is 19.3 Å².